The van der Waals surface area contributed by atoms with E-state index in [0.717, 1.165) is 18.2 Å². The highest BCUT2D eigenvalue weighted by atomic mass is 32.2. The van der Waals surface area contributed by atoms with Crippen molar-refractivity contribution in [1.29, 1.82) is 0 Å². The minimum atomic E-state index is -5.80. The first kappa shape index (κ1) is 13.0. The Morgan fingerprint density at radius 3 is 2.00 bits per heavy atom. The zero-order valence-electron chi connectivity index (χ0n) is 7.46. The van der Waals surface area contributed by atoms with Gasteiger partial charge in [0.1, 0.15) is 0 Å². The molecule has 0 heterocycles. The Balaban J connectivity index is 3.39. The molecule has 1 unspecified atom stereocenters. The van der Waals surface area contributed by atoms with Crippen molar-refractivity contribution in [3.8, 4) is 0 Å². The minimum absolute atomic E-state index is 0.469. The van der Waals surface area contributed by atoms with Crippen LogP contribution >= 0.6 is 0 Å². The Labute approximate surface area is 89.4 Å². The van der Waals surface area contributed by atoms with Gasteiger partial charge < -0.3 is 4.55 Å². The van der Waals surface area contributed by atoms with Crippen LogP contribution in [0.5, 0.6) is 0 Å². The van der Waals surface area contributed by atoms with E-state index in [9.17, 15) is 26.2 Å². The van der Waals surface area contributed by atoms with Gasteiger partial charge in [-0.2, -0.15) is 22.0 Å². The van der Waals surface area contributed by atoms with Crippen LogP contribution in [-0.4, -0.2) is 14.9 Å². The second-order valence-corrected chi connectivity index (χ2v) is 3.76. The van der Waals surface area contributed by atoms with Crippen LogP contribution in [0.4, 0.5) is 22.0 Å². The van der Waals surface area contributed by atoms with Crippen LogP contribution in [0.2, 0.25) is 0 Å². The average molecular weight is 260 g/mol. The Bertz CT molecular complexity index is 415. The van der Waals surface area contributed by atoms with Crippen LogP contribution < -0.4 is 0 Å². The molecule has 2 nitrogen and oxygen atoms in total. The van der Waals surface area contributed by atoms with Crippen LogP contribution in [0.25, 0.3) is 0 Å². The highest BCUT2D eigenvalue weighted by Gasteiger charge is 2.59. The molecule has 1 rings (SSSR count). The molecule has 0 aliphatic rings. The van der Waals surface area contributed by atoms with Crippen molar-refractivity contribution < 1.29 is 30.7 Å². The molecular weight excluding hydrogens is 255 g/mol. The summed E-state index contributed by atoms with van der Waals surface area (Å²) < 4.78 is 81.1. The Morgan fingerprint density at radius 2 is 1.56 bits per heavy atom. The summed E-state index contributed by atoms with van der Waals surface area (Å²) in [5.41, 5.74) is -1.51. The lowest BCUT2D eigenvalue weighted by atomic mass is 10.1. The summed E-state index contributed by atoms with van der Waals surface area (Å²) in [6, 6.07) is 3.24. The molecule has 90 valence electrons. The SMILES string of the molecule is O=S(O)c1ccccc1C(F)(F)C(F)(F)F. The van der Waals surface area contributed by atoms with Gasteiger partial charge in [0.25, 0.3) is 0 Å². The van der Waals surface area contributed by atoms with Gasteiger partial charge in [-0.25, -0.2) is 4.21 Å². The number of hydrogen-bond acceptors (Lipinski definition) is 1. The van der Waals surface area contributed by atoms with Gasteiger partial charge in [-0.15, -0.1) is 0 Å². The molecule has 0 bridgehead atoms. The maximum atomic E-state index is 12.9. The van der Waals surface area contributed by atoms with Crippen LogP contribution in [0.3, 0.4) is 0 Å². The molecular formula is C8H5F5O2S. The smallest absolute Gasteiger partial charge is 0.302 e. The molecule has 0 saturated heterocycles. The molecule has 0 amide bonds. The van der Waals surface area contributed by atoms with E-state index >= 15 is 0 Å². The first-order chi connectivity index (χ1) is 7.18. The summed E-state index contributed by atoms with van der Waals surface area (Å²) in [6.45, 7) is 0. The summed E-state index contributed by atoms with van der Waals surface area (Å²) in [7, 11) is 0. The maximum absolute atomic E-state index is 12.9. The molecule has 8 heteroatoms. The first-order valence-electron chi connectivity index (χ1n) is 3.83. The highest BCUT2D eigenvalue weighted by molar-refractivity contribution is 7.79. The zero-order valence-corrected chi connectivity index (χ0v) is 8.28. The topological polar surface area (TPSA) is 37.3 Å². The van der Waals surface area contributed by atoms with Crippen LogP contribution in [0.1, 0.15) is 5.56 Å². The predicted molar refractivity (Wildman–Crippen MR) is 45.4 cm³/mol. The zero-order chi connectivity index (χ0) is 12.6. The van der Waals surface area contributed by atoms with Gasteiger partial charge >= 0.3 is 12.1 Å². The van der Waals surface area contributed by atoms with Crippen molar-refractivity contribution in [3.05, 3.63) is 29.8 Å². The van der Waals surface area contributed by atoms with E-state index in [2.05, 4.69) is 0 Å². The largest absolute Gasteiger partial charge is 0.458 e. The van der Waals surface area contributed by atoms with E-state index in [-0.39, 0.29) is 0 Å². The van der Waals surface area contributed by atoms with E-state index in [1.54, 1.807) is 0 Å². The summed E-state index contributed by atoms with van der Waals surface area (Å²) in [4.78, 5) is -0.954. The summed E-state index contributed by atoms with van der Waals surface area (Å²) in [5, 5.41) is 0. The van der Waals surface area contributed by atoms with Gasteiger partial charge in [-0.3, -0.25) is 0 Å². The van der Waals surface area contributed by atoms with Crippen molar-refractivity contribution in [2.75, 3.05) is 0 Å². The monoisotopic (exact) mass is 260 g/mol. The third-order valence-electron chi connectivity index (χ3n) is 1.77. The second-order valence-electron chi connectivity index (χ2n) is 2.82. The molecule has 1 aromatic carbocycles. The van der Waals surface area contributed by atoms with Crippen LogP contribution in [-0.2, 0) is 17.0 Å². The van der Waals surface area contributed by atoms with Gasteiger partial charge in [-0.1, -0.05) is 18.2 Å². The summed E-state index contributed by atoms with van der Waals surface area (Å²) in [6.07, 6.45) is -5.80. The van der Waals surface area contributed by atoms with Gasteiger partial charge in [-0.05, 0) is 6.07 Å². The maximum Gasteiger partial charge on any atom is 0.458 e. The summed E-state index contributed by atoms with van der Waals surface area (Å²) in [5.74, 6) is -5.15. The summed E-state index contributed by atoms with van der Waals surface area (Å²) >= 11 is -2.90. The lowest BCUT2D eigenvalue weighted by molar-refractivity contribution is -0.290. The fourth-order valence-electron chi connectivity index (χ4n) is 1.03. The molecule has 0 radical (unpaired) electrons. The Hall–Kier alpha value is -1.02. The van der Waals surface area contributed by atoms with E-state index in [1.807, 2.05) is 0 Å². The van der Waals surface area contributed by atoms with E-state index in [4.69, 9.17) is 4.55 Å². The highest BCUT2D eigenvalue weighted by Crippen LogP contribution is 2.45. The lowest BCUT2D eigenvalue weighted by Gasteiger charge is -2.21. The van der Waals surface area contributed by atoms with E-state index < -0.39 is 33.6 Å². The molecule has 1 aromatic rings. The number of benzene rings is 1. The normalized spacial score (nSPS) is 14.9. The van der Waals surface area contributed by atoms with E-state index in [1.165, 1.54) is 0 Å². The second kappa shape index (κ2) is 4.10. The minimum Gasteiger partial charge on any atom is -0.302 e. The van der Waals surface area contributed by atoms with Gasteiger partial charge in [0, 0.05) is 5.56 Å². The lowest BCUT2D eigenvalue weighted by Crippen LogP contribution is -2.34. The molecule has 1 N–H and O–H groups in total. The van der Waals surface area contributed by atoms with Crippen LogP contribution in [0, 0.1) is 0 Å². The number of halogens is 5. The predicted octanol–water partition coefficient (Wildman–Crippen LogP) is 2.92. The molecule has 0 spiro atoms. The van der Waals surface area contributed by atoms with Crippen molar-refractivity contribution >= 4 is 11.1 Å². The fourth-order valence-corrected chi connectivity index (χ4v) is 1.61. The molecule has 0 aliphatic carbocycles. The third kappa shape index (κ3) is 2.22. The molecule has 0 saturated carbocycles. The van der Waals surface area contributed by atoms with Crippen molar-refractivity contribution in [3.63, 3.8) is 0 Å². The van der Waals surface area contributed by atoms with Gasteiger partial charge in [0.15, 0.2) is 11.1 Å². The Kier molecular flexibility index (Phi) is 3.34. The van der Waals surface area contributed by atoms with Crippen LogP contribution in [0.15, 0.2) is 29.2 Å². The molecule has 1 atom stereocenters. The first-order valence-corrected chi connectivity index (χ1v) is 4.93. The standard InChI is InChI=1S/C8H5F5O2S/c9-7(10,8(11,12)13)5-3-1-2-4-6(5)16(14)15/h1-4H,(H,14,15). The van der Waals surface area contributed by atoms with Crippen molar-refractivity contribution in [1.82, 2.24) is 0 Å². The number of alkyl halides is 5. The quantitative estimate of drug-likeness (QED) is 0.655. The van der Waals surface area contributed by atoms with Gasteiger partial charge in [0.05, 0.1) is 4.90 Å². The molecule has 0 aromatic heterocycles. The third-order valence-corrected chi connectivity index (χ3v) is 2.50. The molecule has 16 heavy (non-hydrogen) atoms. The van der Waals surface area contributed by atoms with Gasteiger partial charge in [0.2, 0.25) is 0 Å². The average Bonchev–Trinajstić information content (AvgIpc) is 2.16. The number of rotatable bonds is 2. The molecule has 0 fully saturated rings. The van der Waals surface area contributed by atoms with E-state index in [0.29, 0.717) is 6.07 Å². The Morgan fingerprint density at radius 1 is 1.06 bits per heavy atom. The van der Waals surface area contributed by atoms with Crippen molar-refractivity contribution in [2.45, 2.75) is 17.0 Å². The van der Waals surface area contributed by atoms with Crippen molar-refractivity contribution in [2.24, 2.45) is 0 Å². The number of hydrogen-bond donors (Lipinski definition) is 1. The fraction of sp³-hybridized carbons (Fsp3) is 0.250. The molecule has 0 aliphatic heterocycles.